The molecule has 0 fully saturated rings. The standard InChI is InChI=1S/C11H22NO7P/c1-4-5-9(13)18-8(2)19-11(15)12-7-6-10(14)20(3,16)17/h8,10,14H,4-7H2,1-3H3,(H,12,15)(H,16,17). The van der Waals surface area contributed by atoms with Crippen LogP contribution in [0, 0.1) is 0 Å². The van der Waals surface area contributed by atoms with Crippen molar-refractivity contribution in [1.29, 1.82) is 0 Å². The normalized spacial score (nSPS) is 16.6. The Morgan fingerprint density at radius 1 is 1.35 bits per heavy atom. The Morgan fingerprint density at radius 2 is 1.95 bits per heavy atom. The van der Waals surface area contributed by atoms with E-state index in [1.165, 1.54) is 6.92 Å². The lowest BCUT2D eigenvalue weighted by atomic mass is 10.3. The second-order valence-electron chi connectivity index (χ2n) is 4.35. The van der Waals surface area contributed by atoms with Crippen molar-refractivity contribution in [3.63, 3.8) is 0 Å². The van der Waals surface area contributed by atoms with Crippen molar-refractivity contribution in [3.05, 3.63) is 0 Å². The lowest BCUT2D eigenvalue weighted by molar-refractivity contribution is -0.164. The van der Waals surface area contributed by atoms with Crippen molar-refractivity contribution in [2.45, 2.75) is 45.2 Å². The highest BCUT2D eigenvalue weighted by Gasteiger charge is 2.22. The SMILES string of the molecule is CCCC(=O)OC(C)OC(=O)NCCC(O)P(C)(=O)O. The zero-order valence-corrected chi connectivity index (χ0v) is 12.8. The summed E-state index contributed by atoms with van der Waals surface area (Å²) in [4.78, 5) is 31.5. The van der Waals surface area contributed by atoms with Crippen LogP contribution in [0.25, 0.3) is 0 Å². The van der Waals surface area contributed by atoms with E-state index >= 15 is 0 Å². The maximum Gasteiger partial charge on any atom is 0.410 e. The number of carbonyl (C=O) groups excluding carboxylic acids is 2. The topological polar surface area (TPSA) is 122 Å². The van der Waals surface area contributed by atoms with Gasteiger partial charge < -0.3 is 24.8 Å². The van der Waals surface area contributed by atoms with E-state index in [2.05, 4.69) is 5.32 Å². The maximum atomic E-state index is 11.3. The Labute approximate surface area is 117 Å². The van der Waals surface area contributed by atoms with Crippen molar-refractivity contribution in [3.8, 4) is 0 Å². The van der Waals surface area contributed by atoms with Gasteiger partial charge in [0.15, 0.2) is 0 Å². The molecule has 0 aromatic rings. The van der Waals surface area contributed by atoms with E-state index in [-0.39, 0.29) is 19.4 Å². The second kappa shape index (κ2) is 8.94. The van der Waals surface area contributed by atoms with Crippen molar-refractivity contribution >= 4 is 19.4 Å². The summed E-state index contributed by atoms with van der Waals surface area (Å²) < 4.78 is 20.6. The summed E-state index contributed by atoms with van der Waals surface area (Å²) in [5, 5.41) is 11.6. The number of nitrogens with one attached hydrogen (secondary N) is 1. The first kappa shape index (κ1) is 18.9. The number of hydrogen-bond acceptors (Lipinski definition) is 6. The van der Waals surface area contributed by atoms with Crippen LogP contribution in [0.1, 0.15) is 33.1 Å². The van der Waals surface area contributed by atoms with E-state index in [0.29, 0.717) is 6.42 Å². The van der Waals surface area contributed by atoms with Gasteiger partial charge in [0.2, 0.25) is 13.7 Å². The van der Waals surface area contributed by atoms with Crippen LogP contribution in [0.2, 0.25) is 0 Å². The molecule has 0 rings (SSSR count). The lowest BCUT2D eigenvalue weighted by Crippen LogP contribution is -2.32. The third kappa shape index (κ3) is 8.90. The summed E-state index contributed by atoms with van der Waals surface area (Å²) in [5.74, 6) is -1.86. The smallest absolute Gasteiger partial charge is 0.410 e. The average Bonchev–Trinajstić information content (AvgIpc) is 2.27. The molecule has 0 aliphatic carbocycles. The predicted molar refractivity (Wildman–Crippen MR) is 71.3 cm³/mol. The van der Waals surface area contributed by atoms with Gasteiger partial charge in [0, 0.05) is 33.0 Å². The van der Waals surface area contributed by atoms with E-state index < -0.39 is 31.6 Å². The Hall–Kier alpha value is -1.11. The van der Waals surface area contributed by atoms with E-state index in [9.17, 15) is 19.3 Å². The molecular formula is C11H22NO7P. The molecule has 0 radical (unpaired) electrons. The largest absolute Gasteiger partial charge is 0.425 e. The number of amides is 1. The quantitative estimate of drug-likeness (QED) is 0.347. The monoisotopic (exact) mass is 311 g/mol. The minimum absolute atomic E-state index is 0.0337. The van der Waals surface area contributed by atoms with E-state index in [4.69, 9.17) is 14.4 Å². The van der Waals surface area contributed by atoms with Crippen LogP contribution in [0.4, 0.5) is 4.79 Å². The van der Waals surface area contributed by atoms with Gasteiger partial charge in [-0.25, -0.2) is 4.79 Å². The van der Waals surface area contributed by atoms with Gasteiger partial charge in [-0.05, 0) is 6.42 Å². The first-order valence-electron chi connectivity index (χ1n) is 6.28. The van der Waals surface area contributed by atoms with Gasteiger partial charge >= 0.3 is 12.1 Å². The first-order valence-corrected chi connectivity index (χ1v) is 8.46. The van der Waals surface area contributed by atoms with Crippen LogP contribution in [0.3, 0.4) is 0 Å². The number of aliphatic hydroxyl groups is 1. The molecule has 0 bridgehead atoms. The Kier molecular flexibility index (Phi) is 8.45. The molecule has 0 aromatic carbocycles. The molecule has 9 heteroatoms. The molecule has 0 spiro atoms. The van der Waals surface area contributed by atoms with Crippen LogP contribution in [0.5, 0.6) is 0 Å². The molecule has 0 saturated carbocycles. The van der Waals surface area contributed by atoms with Gasteiger partial charge in [-0.1, -0.05) is 6.92 Å². The number of aliphatic hydroxyl groups excluding tert-OH is 1. The van der Waals surface area contributed by atoms with Gasteiger partial charge in [0.05, 0.1) is 0 Å². The molecular weight excluding hydrogens is 289 g/mol. The molecule has 0 heterocycles. The lowest BCUT2D eigenvalue weighted by Gasteiger charge is -2.16. The minimum atomic E-state index is -3.58. The van der Waals surface area contributed by atoms with Gasteiger partial charge in [0.1, 0.15) is 5.85 Å². The summed E-state index contributed by atoms with van der Waals surface area (Å²) >= 11 is 0. The Bertz CT molecular complexity index is 368. The van der Waals surface area contributed by atoms with Crippen LogP contribution in [-0.2, 0) is 18.8 Å². The average molecular weight is 311 g/mol. The van der Waals surface area contributed by atoms with Crippen LogP contribution >= 0.6 is 7.37 Å². The van der Waals surface area contributed by atoms with Crippen LogP contribution in [0.15, 0.2) is 0 Å². The fourth-order valence-electron chi connectivity index (χ4n) is 1.21. The molecule has 8 nitrogen and oxygen atoms in total. The number of rotatable bonds is 8. The fraction of sp³-hybridized carbons (Fsp3) is 0.818. The summed E-state index contributed by atoms with van der Waals surface area (Å²) in [6.07, 6.45) is -1.06. The molecule has 20 heavy (non-hydrogen) atoms. The highest BCUT2D eigenvalue weighted by Crippen LogP contribution is 2.41. The van der Waals surface area contributed by atoms with E-state index in [1.807, 2.05) is 6.92 Å². The fourth-order valence-corrected chi connectivity index (χ4v) is 1.82. The highest BCUT2D eigenvalue weighted by atomic mass is 31.2. The Morgan fingerprint density at radius 3 is 2.45 bits per heavy atom. The van der Waals surface area contributed by atoms with E-state index in [1.54, 1.807) is 0 Å². The number of esters is 1. The summed E-state index contributed by atoms with van der Waals surface area (Å²) in [7, 11) is -3.58. The number of hydrogen-bond donors (Lipinski definition) is 3. The predicted octanol–water partition coefficient (Wildman–Crippen LogP) is 1.01. The minimum Gasteiger partial charge on any atom is -0.425 e. The van der Waals surface area contributed by atoms with Crippen molar-refractivity contribution < 1.29 is 33.6 Å². The zero-order chi connectivity index (χ0) is 15.8. The number of alkyl carbamates (subject to hydrolysis) is 1. The van der Waals surface area contributed by atoms with Crippen molar-refractivity contribution in [2.75, 3.05) is 13.2 Å². The van der Waals surface area contributed by atoms with Crippen LogP contribution < -0.4 is 5.32 Å². The first-order chi connectivity index (χ1) is 9.16. The van der Waals surface area contributed by atoms with Gasteiger partial charge in [-0.2, -0.15) is 0 Å². The van der Waals surface area contributed by atoms with Crippen LogP contribution in [-0.4, -0.2) is 47.4 Å². The second-order valence-corrected chi connectivity index (χ2v) is 6.83. The third-order valence-corrected chi connectivity index (χ3v) is 3.61. The van der Waals surface area contributed by atoms with Gasteiger partial charge in [-0.3, -0.25) is 9.36 Å². The molecule has 118 valence electrons. The molecule has 0 aromatic heterocycles. The van der Waals surface area contributed by atoms with Crippen molar-refractivity contribution in [2.24, 2.45) is 0 Å². The highest BCUT2D eigenvalue weighted by molar-refractivity contribution is 7.57. The maximum absolute atomic E-state index is 11.3. The number of carbonyl (C=O) groups is 2. The molecule has 0 aliphatic rings. The summed E-state index contributed by atoms with van der Waals surface area (Å²) in [6, 6.07) is 0. The summed E-state index contributed by atoms with van der Waals surface area (Å²) in [6.45, 7) is 4.22. The molecule has 0 aliphatic heterocycles. The van der Waals surface area contributed by atoms with Gasteiger partial charge in [-0.15, -0.1) is 0 Å². The van der Waals surface area contributed by atoms with E-state index in [0.717, 1.165) is 6.66 Å². The van der Waals surface area contributed by atoms with Crippen molar-refractivity contribution in [1.82, 2.24) is 5.32 Å². The Balaban J connectivity index is 3.89. The third-order valence-electron chi connectivity index (χ3n) is 2.25. The molecule has 3 N–H and O–H groups in total. The molecule has 3 atom stereocenters. The summed E-state index contributed by atoms with van der Waals surface area (Å²) in [5.41, 5.74) is 0. The number of ether oxygens (including phenoxy) is 2. The zero-order valence-electron chi connectivity index (χ0n) is 11.9. The molecule has 1 amide bonds. The van der Waals surface area contributed by atoms with Gasteiger partial charge in [0.25, 0.3) is 0 Å². The molecule has 0 saturated heterocycles. The molecule has 3 unspecified atom stereocenters.